The number of nitrogens with two attached hydrogens (primary N) is 1. The van der Waals surface area contributed by atoms with Gasteiger partial charge in [-0.15, -0.1) is 0 Å². The smallest absolute Gasteiger partial charge is 0.355 e. The van der Waals surface area contributed by atoms with Crippen molar-refractivity contribution in [1.82, 2.24) is 24.6 Å². The standard InChI is InChI=1S/C25H24F3N7S/c1-15-23(36-19-5-3-10-31-21(19)25(26,27)28)35-18(6-11-32-35)22(33-15)34-12-7-24(8-13-34)14-17-16(20(24)29)4-2-9-30-17/h2-6,9-11,20H,7-8,12-14,29H2,1H3. The fourth-order valence-corrected chi connectivity index (χ4v) is 6.54. The molecular weight excluding hydrogens is 487 g/mol. The minimum atomic E-state index is -4.55. The Morgan fingerprint density at radius 2 is 1.81 bits per heavy atom. The van der Waals surface area contributed by atoms with Gasteiger partial charge in [0, 0.05) is 42.1 Å². The Hall–Kier alpha value is -3.18. The Morgan fingerprint density at radius 3 is 2.56 bits per heavy atom. The van der Waals surface area contributed by atoms with E-state index < -0.39 is 11.9 Å². The summed E-state index contributed by atoms with van der Waals surface area (Å²) in [5.41, 5.74) is 9.39. The molecule has 11 heteroatoms. The van der Waals surface area contributed by atoms with E-state index in [0.717, 1.165) is 72.9 Å². The number of halogens is 3. The van der Waals surface area contributed by atoms with Gasteiger partial charge < -0.3 is 10.6 Å². The second-order valence-electron chi connectivity index (χ2n) is 9.45. The number of aromatic nitrogens is 5. The average molecular weight is 512 g/mol. The predicted molar refractivity (Wildman–Crippen MR) is 130 cm³/mol. The van der Waals surface area contributed by atoms with Crippen LogP contribution in [0, 0.1) is 12.3 Å². The van der Waals surface area contributed by atoms with Gasteiger partial charge in [0.1, 0.15) is 10.5 Å². The molecule has 1 spiro atoms. The summed E-state index contributed by atoms with van der Waals surface area (Å²) in [5, 5.41) is 4.96. The number of hydrogen-bond acceptors (Lipinski definition) is 7. The molecule has 0 aromatic carbocycles. The molecule has 5 heterocycles. The van der Waals surface area contributed by atoms with Crippen molar-refractivity contribution in [2.75, 3.05) is 18.0 Å². The highest BCUT2D eigenvalue weighted by atomic mass is 32.2. The number of alkyl halides is 3. The molecule has 0 amide bonds. The average Bonchev–Trinajstić information content (AvgIpc) is 3.45. The van der Waals surface area contributed by atoms with Crippen molar-refractivity contribution >= 4 is 23.1 Å². The van der Waals surface area contributed by atoms with Gasteiger partial charge >= 0.3 is 6.18 Å². The van der Waals surface area contributed by atoms with Gasteiger partial charge in [-0.2, -0.15) is 18.3 Å². The molecule has 0 bridgehead atoms. The summed E-state index contributed by atoms with van der Waals surface area (Å²) in [4.78, 5) is 15.2. The summed E-state index contributed by atoms with van der Waals surface area (Å²) in [6.07, 6.45) is 2.78. The van der Waals surface area contributed by atoms with E-state index in [2.05, 4.69) is 26.0 Å². The van der Waals surface area contributed by atoms with Crippen LogP contribution in [0.5, 0.6) is 0 Å². The van der Waals surface area contributed by atoms with Gasteiger partial charge in [0.25, 0.3) is 0 Å². The maximum absolute atomic E-state index is 13.5. The second-order valence-corrected chi connectivity index (χ2v) is 10.5. The zero-order valence-electron chi connectivity index (χ0n) is 19.5. The maximum atomic E-state index is 13.5. The van der Waals surface area contributed by atoms with Crippen molar-refractivity contribution in [3.63, 3.8) is 0 Å². The SMILES string of the molecule is Cc1nc(N2CCC3(CC2)Cc2ncccc2C3N)c2ccnn2c1Sc1cccnc1C(F)(F)F. The summed E-state index contributed by atoms with van der Waals surface area (Å²) < 4.78 is 42.2. The Labute approximate surface area is 210 Å². The van der Waals surface area contributed by atoms with Crippen molar-refractivity contribution in [2.24, 2.45) is 11.1 Å². The molecule has 6 rings (SSSR count). The fraction of sp³-hybridized carbons (Fsp3) is 0.360. The number of nitrogens with zero attached hydrogens (tertiary/aromatic N) is 6. The van der Waals surface area contributed by atoms with Crippen LogP contribution in [-0.2, 0) is 12.6 Å². The number of hydrogen-bond donors (Lipinski definition) is 1. The van der Waals surface area contributed by atoms with Crippen molar-refractivity contribution < 1.29 is 13.2 Å². The number of pyridine rings is 2. The van der Waals surface area contributed by atoms with Crippen molar-refractivity contribution in [3.05, 3.63) is 71.6 Å². The molecule has 4 aromatic heterocycles. The molecule has 0 radical (unpaired) electrons. The van der Waals surface area contributed by atoms with Crippen LogP contribution in [0.25, 0.3) is 5.52 Å². The van der Waals surface area contributed by atoms with Crippen LogP contribution in [0.2, 0.25) is 0 Å². The third-order valence-corrected chi connectivity index (χ3v) is 8.60. The van der Waals surface area contributed by atoms with Crippen LogP contribution in [-0.4, -0.2) is 37.7 Å². The molecule has 4 aromatic rings. The van der Waals surface area contributed by atoms with Crippen LogP contribution >= 0.6 is 11.8 Å². The van der Waals surface area contributed by atoms with E-state index in [4.69, 9.17) is 10.7 Å². The Balaban J connectivity index is 1.29. The van der Waals surface area contributed by atoms with E-state index in [9.17, 15) is 13.2 Å². The lowest BCUT2D eigenvalue weighted by Crippen LogP contribution is -2.44. The lowest BCUT2D eigenvalue weighted by atomic mass is 9.73. The molecular formula is C25H24F3N7S. The quantitative estimate of drug-likeness (QED) is 0.421. The Bertz CT molecular complexity index is 1440. The molecule has 1 saturated heterocycles. The van der Waals surface area contributed by atoms with Crippen molar-refractivity contribution in [1.29, 1.82) is 0 Å². The lowest BCUT2D eigenvalue weighted by molar-refractivity contribution is -0.143. The van der Waals surface area contributed by atoms with E-state index in [0.29, 0.717) is 10.7 Å². The minimum absolute atomic E-state index is 0.0111. The van der Waals surface area contributed by atoms with Gasteiger partial charge in [-0.05, 0) is 61.4 Å². The molecule has 1 fully saturated rings. The summed E-state index contributed by atoms with van der Waals surface area (Å²) in [6, 6.07) is 8.76. The van der Waals surface area contributed by atoms with E-state index in [-0.39, 0.29) is 16.4 Å². The number of aryl methyl sites for hydroxylation is 1. The summed E-state index contributed by atoms with van der Waals surface area (Å²) >= 11 is 0.979. The highest BCUT2D eigenvalue weighted by Crippen LogP contribution is 2.50. The maximum Gasteiger partial charge on any atom is 0.434 e. The van der Waals surface area contributed by atoms with Crippen molar-refractivity contribution in [3.8, 4) is 0 Å². The first-order chi connectivity index (χ1) is 17.3. The van der Waals surface area contributed by atoms with Crippen LogP contribution in [0.1, 0.15) is 41.5 Å². The molecule has 1 aliphatic heterocycles. The van der Waals surface area contributed by atoms with Gasteiger partial charge in [0.15, 0.2) is 11.5 Å². The molecule has 7 nitrogen and oxygen atoms in total. The zero-order valence-corrected chi connectivity index (χ0v) is 20.4. The summed E-state index contributed by atoms with van der Waals surface area (Å²) in [7, 11) is 0. The van der Waals surface area contributed by atoms with E-state index in [1.54, 1.807) is 17.6 Å². The van der Waals surface area contributed by atoms with Crippen molar-refractivity contribution in [2.45, 2.75) is 48.3 Å². The number of piperidine rings is 1. The molecule has 1 aliphatic carbocycles. The largest absolute Gasteiger partial charge is 0.434 e. The fourth-order valence-electron chi connectivity index (χ4n) is 5.50. The lowest BCUT2D eigenvalue weighted by Gasteiger charge is -2.42. The summed E-state index contributed by atoms with van der Waals surface area (Å²) in [5.74, 6) is 0.786. The molecule has 1 unspecified atom stereocenters. The van der Waals surface area contributed by atoms with Gasteiger partial charge in [0.05, 0.1) is 11.9 Å². The first kappa shape index (κ1) is 23.2. The molecule has 2 aliphatic rings. The van der Waals surface area contributed by atoms with Gasteiger partial charge in [-0.3, -0.25) is 9.97 Å². The van der Waals surface area contributed by atoms with Crippen LogP contribution < -0.4 is 10.6 Å². The highest BCUT2D eigenvalue weighted by Gasteiger charge is 2.47. The third-order valence-electron chi connectivity index (χ3n) is 7.39. The number of fused-ring (bicyclic) bond motifs is 2. The molecule has 186 valence electrons. The van der Waals surface area contributed by atoms with E-state index in [1.807, 2.05) is 18.3 Å². The second kappa shape index (κ2) is 8.45. The van der Waals surface area contributed by atoms with E-state index >= 15 is 0 Å². The minimum Gasteiger partial charge on any atom is -0.355 e. The monoisotopic (exact) mass is 511 g/mol. The normalized spacial score (nSPS) is 19.2. The van der Waals surface area contributed by atoms with Crippen LogP contribution in [0.4, 0.5) is 19.0 Å². The Morgan fingerprint density at radius 1 is 1.06 bits per heavy atom. The van der Waals surface area contributed by atoms with Gasteiger partial charge in [-0.25, -0.2) is 9.50 Å². The van der Waals surface area contributed by atoms with Crippen LogP contribution in [0.3, 0.4) is 0 Å². The van der Waals surface area contributed by atoms with Gasteiger partial charge in [-0.1, -0.05) is 17.8 Å². The first-order valence-corrected chi connectivity index (χ1v) is 12.6. The summed E-state index contributed by atoms with van der Waals surface area (Å²) in [6.45, 7) is 3.36. The topological polar surface area (TPSA) is 85.2 Å². The molecule has 1 atom stereocenters. The zero-order chi connectivity index (χ0) is 25.1. The molecule has 36 heavy (non-hydrogen) atoms. The number of rotatable bonds is 3. The third kappa shape index (κ3) is 3.72. The first-order valence-electron chi connectivity index (χ1n) is 11.8. The predicted octanol–water partition coefficient (Wildman–Crippen LogP) is 4.84. The van der Waals surface area contributed by atoms with Gasteiger partial charge in [0.2, 0.25) is 0 Å². The molecule has 0 saturated carbocycles. The highest BCUT2D eigenvalue weighted by molar-refractivity contribution is 7.99. The molecule has 2 N–H and O–H groups in total. The number of anilines is 1. The van der Waals surface area contributed by atoms with E-state index in [1.165, 1.54) is 12.1 Å². The Kier molecular flexibility index (Phi) is 5.45. The van der Waals surface area contributed by atoms with Crippen LogP contribution in [0.15, 0.2) is 58.8 Å².